The minimum atomic E-state index is -0.457. The zero-order valence-corrected chi connectivity index (χ0v) is 10.2. The molecule has 3 rings (SSSR count). The fraction of sp³-hybridized carbons (Fsp3) is 0. The average molecular weight is 267 g/mol. The fourth-order valence-corrected chi connectivity index (χ4v) is 1.55. The molecule has 7 heteroatoms. The highest BCUT2D eigenvalue weighted by Crippen LogP contribution is 2.19. The molecule has 0 saturated heterocycles. The van der Waals surface area contributed by atoms with E-state index < -0.39 is 5.91 Å². The molecule has 0 spiro atoms. The van der Waals surface area contributed by atoms with E-state index in [0.717, 1.165) is 5.56 Å². The Morgan fingerprint density at radius 2 is 1.95 bits per heavy atom. The molecule has 0 unspecified atom stereocenters. The first-order chi connectivity index (χ1) is 9.83. The molecule has 0 aliphatic rings. The lowest BCUT2D eigenvalue weighted by Crippen LogP contribution is -2.13. The molecule has 0 bridgehead atoms. The van der Waals surface area contributed by atoms with Gasteiger partial charge in [-0.15, -0.1) is 5.10 Å². The zero-order valence-electron chi connectivity index (χ0n) is 10.2. The molecule has 2 aromatic heterocycles. The van der Waals surface area contributed by atoms with Crippen molar-refractivity contribution in [2.75, 3.05) is 5.32 Å². The highest BCUT2D eigenvalue weighted by molar-refractivity contribution is 6.01. The van der Waals surface area contributed by atoms with Crippen molar-refractivity contribution in [2.24, 2.45) is 0 Å². The molecule has 1 aromatic carbocycles. The quantitative estimate of drug-likeness (QED) is 0.777. The number of anilines is 1. The SMILES string of the molecule is O=C(Nc1nnc(-c2ccccc2)o1)c1cnccn1. The van der Waals surface area contributed by atoms with Gasteiger partial charge in [0.25, 0.3) is 5.91 Å². The van der Waals surface area contributed by atoms with Crippen LogP contribution in [0, 0.1) is 0 Å². The number of carbonyl (C=O) groups is 1. The Bertz CT molecular complexity index is 712. The van der Waals surface area contributed by atoms with Crippen LogP contribution in [0.4, 0.5) is 6.01 Å². The summed E-state index contributed by atoms with van der Waals surface area (Å²) in [6.45, 7) is 0. The molecular weight excluding hydrogens is 258 g/mol. The average Bonchev–Trinajstić information content (AvgIpc) is 2.97. The van der Waals surface area contributed by atoms with Crippen molar-refractivity contribution in [2.45, 2.75) is 0 Å². The molecular formula is C13H9N5O2. The number of amides is 1. The molecule has 0 aliphatic heterocycles. The Balaban J connectivity index is 1.77. The lowest BCUT2D eigenvalue weighted by Gasteiger charge is -1.98. The molecule has 3 aromatic rings. The van der Waals surface area contributed by atoms with Crippen molar-refractivity contribution in [3.05, 3.63) is 54.6 Å². The van der Waals surface area contributed by atoms with Crippen LogP contribution >= 0.6 is 0 Å². The van der Waals surface area contributed by atoms with Crippen molar-refractivity contribution in [1.29, 1.82) is 0 Å². The van der Waals surface area contributed by atoms with Crippen molar-refractivity contribution >= 4 is 11.9 Å². The molecule has 0 fully saturated rings. The number of benzene rings is 1. The first-order valence-corrected chi connectivity index (χ1v) is 5.79. The molecule has 1 amide bonds. The van der Waals surface area contributed by atoms with Gasteiger partial charge in [0.2, 0.25) is 5.89 Å². The van der Waals surface area contributed by atoms with Gasteiger partial charge in [-0.1, -0.05) is 23.3 Å². The topological polar surface area (TPSA) is 93.8 Å². The van der Waals surface area contributed by atoms with E-state index in [9.17, 15) is 4.79 Å². The summed E-state index contributed by atoms with van der Waals surface area (Å²) in [5.41, 5.74) is 0.951. The molecule has 2 heterocycles. The van der Waals surface area contributed by atoms with Crippen LogP contribution in [0.15, 0.2) is 53.3 Å². The third-order valence-corrected chi connectivity index (χ3v) is 2.46. The number of carbonyl (C=O) groups excluding carboxylic acids is 1. The predicted molar refractivity (Wildman–Crippen MR) is 69.7 cm³/mol. The van der Waals surface area contributed by atoms with Gasteiger partial charge in [0, 0.05) is 18.0 Å². The van der Waals surface area contributed by atoms with Crippen LogP contribution < -0.4 is 5.32 Å². The van der Waals surface area contributed by atoms with E-state index >= 15 is 0 Å². The maximum atomic E-state index is 11.8. The Labute approximate surface area is 113 Å². The standard InChI is InChI=1S/C13H9N5O2/c19-11(10-8-14-6-7-15-10)16-13-18-17-12(20-13)9-4-2-1-3-5-9/h1-8H,(H,16,18,19). The van der Waals surface area contributed by atoms with Crippen LogP contribution in [0.3, 0.4) is 0 Å². The first kappa shape index (κ1) is 12.0. The second kappa shape index (κ2) is 5.27. The Kier molecular flexibility index (Phi) is 3.15. The number of nitrogens with one attached hydrogen (secondary N) is 1. The summed E-state index contributed by atoms with van der Waals surface area (Å²) in [7, 11) is 0. The van der Waals surface area contributed by atoms with E-state index in [1.807, 2.05) is 30.3 Å². The zero-order chi connectivity index (χ0) is 13.8. The van der Waals surface area contributed by atoms with Crippen LogP contribution in [0.2, 0.25) is 0 Å². The van der Waals surface area contributed by atoms with Gasteiger partial charge in [-0.3, -0.25) is 15.1 Å². The third kappa shape index (κ3) is 2.51. The van der Waals surface area contributed by atoms with Crippen LogP contribution in [-0.2, 0) is 0 Å². The summed E-state index contributed by atoms with van der Waals surface area (Å²) in [5, 5.41) is 10.1. The van der Waals surface area contributed by atoms with Crippen LogP contribution in [-0.4, -0.2) is 26.1 Å². The van der Waals surface area contributed by atoms with Gasteiger partial charge in [0.05, 0.1) is 6.20 Å². The minimum absolute atomic E-state index is 0.0134. The largest absolute Gasteiger partial charge is 0.403 e. The van der Waals surface area contributed by atoms with Gasteiger partial charge in [-0.25, -0.2) is 4.98 Å². The number of rotatable bonds is 3. The van der Waals surface area contributed by atoms with Gasteiger partial charge in [0.15, 0.2) is 0 Å². The molecule has 0 aliphatic carbocycles. The smallest absolute Gasteiger partial charge is 0.322 e. The van der Waals surface area contributed by atoms with Crippen LogP contribution in [0.25, 0.3) is 11.5 Å². The fourth-order valence-electron chi connectivity index (χ4n) is 1.55. The van der Waals surface area contributed by atoms with Crippen molar-refractivity contribution in [3.8, 4) is 11.5 Å². The number of hydrogen-bond donors (Lipinski definition) is 1. The van der Waals surface area contributed by atoms with Gasteiger partial charge >= 0.3 is 6.01 Å². The van der Waals surface area contributed by atoms with Crippen molar-refractivity contribution < 1.29 is 9.21 Å². The normalized spacial score (nSPS) is 10.2. The molecule has 1 N–H and O–H groups in total. The lowest BCUT2D eigenvalue weighted by molar-refractivity contribution is 0.101. The molecule has 7 nitrogen and oxygen atoms in total. The van der Waals surface area contributed by atoms with Gasteiger partial charge < -0.3 is 4.42 Å². The maximum Gasteiger partial charge on any atom is 0.322 e. The highest BCUT2D eigenvalue weighted by Gasteiger charge is 2.13. The van der Waals surface area contributed by atoms with E-state index in [0.29, 0.717) is 5.89 Å². The van der Waals surface area contributed by atoms with E-state index in [-0.39, 0.29) is 11.7 Å². The Hall–Kier alpha value is -3.09. The summed E-state index contributed by atoms with van der Waals surface area (Å²) < 4.78 is 5.36. The molecule has 98 valence electrons. The van der Waals surface area contributed by atoms with E-state index in [1.54, 1.807) is 0 Å². The summed E-state index contributed by atoms with van der Waals surface area (Å²) >= 11 is 0. The van der Waals surface area contributed by atoms with Gasteiger partial charge in [-0.2, -0.15) is 0 Å². The number of aromatic nitrogens is 4. The van der Waals surface area contributed by atoms with Gasteiger partial charge in [0.1, 0.15) is 5.69 Å². The molecule has 0 saturated carbocycles. The second-order valence-electron chi connectivity index (χ2n) is 3.82. The number of hydrogen-bond acceptors (Lipinski definition) is 6. The number of nitrogens with zero attached hydrogens (tertiary/aromatic N) is 4. The predicted octanol–water partition coefficient (Wildman–Crippen LogP) is 1.78. The second-order valence-corrected chi connectivity index (χ2v) is 3.82. The maximum absolute atomic E-state index is 11.8. The molecule has 20 heavy (non-hydrogen) atoms. The molecule has 0 radical (unpaired) electrons. The third-order valence-electron chi connectivity index (χ3n) is 2.46. The van der Waals surface area contributed by atoms with Crippen LogP contribution in [0.1, 0.15) is 10.5 Å². The summed E-state index contributed by atoms with van der Waals surface area (Å²) in [6.07, 6.45) is 4.26. The van der Waals surface area contributed by atoms with Gasteiger partial charge in [-0.05, 0) is 12.1 Å². The summed E-state index contributed by atoms with van der Waals surface area (Å²) in [4.78, 5) is 19.5. The lowest BCUT2D eigenvalue weighted by atomic mass is 10.2. The first-order valence-electron chi connectivity index (χ1n) is 5.79. The van der Waals surface area contributed by atoms with E-state index in [4.69, 9.17) is 4.42 Å². The monoisotopic (exact) mass is 267 g/mol. The van der Waals surface area contributed by atoms with E-state index in [1.165, 1.54) is 18.6 Å². The summed E-state index contributed by atoms with van der Waals surface area (Å²) in [6, 6.07) is 9.29. The highest BCUT2D eigenvalue weighted by atomic mass is 16.4. The Morgan fingerprint density at radius 1 is 1.10 bits per heavy atom. The van der Waals surface area contributed by atoms with Crippen LogP contribution in [0.5, 0.6) is 0 Å². The van der Waals surface area contributed by atoms with E-state index in [2.05, 4.69) is 25.5 Å². The summed E-state index contributed by atoms with van der Waals surface area (Å²) in [5.74, 6) is -0.124. The molecule has 0 atom stereocenters. The minimum Gasteiger partial charge on any atom is -0.403 e. The van der Waals surface area contributed by atoms with Crippen molar-refractivity contribution in [3.63, 3.8) is 0 Å². The Morgan fingerprint density at radius 3 is 2.70 bits per heavy atom. The van der Waals surface area contributed by atoms with Crippen molar-refractivity contribution in [1.82, 2.24) is 20.2 Å².